The Bertz CT molecular complexity index is 312. The first kappa shape index (κ1) is 24.2. The van der Waals surface area contributed by atoms with Crippen LogP contribution in [0.1, 0.15) is 110 Å². The van der Waals surface area contributed by atoms with E-state index in [0.717, 1.165) is 45.1 Å². The van der Waals surface area contributed by atoms with E-state index in [1.165, 1.54) is 51.4 Å². The summed E-state index contributed by atoms with van der Waals surface area (Å²) in [5, 5.41) is 8.59. The summed E-state index contributed by atoms with van der Waals surface area (Å²) in [5.41, 5.74) is 0. The number of allylic oxidation sites excluding steroid dienone is 1. The number of carboxylic acids is 1. The zero-order valence-corrected chi connectivity index (χ0v) is 16.8. The van der Waals surface area contributed by atoms with Crippen LogP contribution >= 0.6 is 0 Å². The molecule has 0 aromatic rings. The fourth-order valence-electron chi connectivity index (χ4n) is 2.90. The van der Waals surface area contributed by atoms with Gasteiger partial charge in [-0.05, 0) is 38.5 Å². The Morgan fingerprint density at radius 2 is 1.56 bits per heavy atom. The van der Waals surface area contributed by atoms with Crippen LogP contribution in [-0.4, -0.2) is 23.8 Å². The number of rotatable bonds is 19. The van der Waals surface area contributed by atoms with Gasteiger partial charge in [0.2, 0.25) is 0 Å². The summed E-state index contributed by atoms with van der Waals surface area (Å²) in [6.07, 6.45) is 21.7. The smallest absolute Gasteiger partial charge is 0.303 e. The summed E-state index contributed by atoms with van der Waals surface area (Å²) in [6.45, 7) is 5.37. The normalized spacial score (nSPS) is 12.7. The minimum absolute atomic E-state index is 0.317. The molecule has 0 aliphatic rings. The van der Waals surface area contributed by atoms with Gasteiger partial charge in [0.1, 0.15) is 0 Å². The molecule has 0 aliphatic carbocycles. The van der Waals surface area contributed by atoms with Crippen molar-refractivity contribution in [2.75, 3.05) is 6.61 Å². The fraction of sp³-hybridized carbons (Fsp3) is 0.864. The van der Waals surface area contributed by atoms with Gasteiger partial charge in [-0.15, -0.1) is 0 Å². The first-order valence-electron chi connectivity index (χ1n) is 10.7. The van der Waals surface area contributed by atoms with Gasteiger partial charge in [-0.3, -0.25) is 4.79 Å². The molecule has 0 amide bonds. The van der Waals surface area contributed by atoms with Crippen molar-refractivity contribution in [2.24, 2.45) is 0 Å². The first-order valence-corrected chi connectivity index (χ1v) is 10.7. The van der Waals surface area contributed by atoms with Gasteiger partial charge in [-0.2, -0.15) is 0 Å². The Morgan fingerprint density at radius 1 is 0.880 bits per heavy atom. The van der Waals surface area contributed by atoms with Gasteiger partial charge in [0.05, 0.1) is 6.10 Å². The molecule has 1 N–H and O–H groups in total. The Labute approximate surface area is 156 Å². The van der Waals surface area contributed by atoms with Crippen molar-refractivity contribution < 1.29 is 14.6 Å². The molecule has 0 fully saturated rings. The van der Waals surface area contributed by atoms with Gasteiger partial charge in [0.15, 0.2) is 0 Å². The van der Waals surface area contributed by atoms with E-state index in [4.69, 9.17) is 9.84 Å². The van der Waals surface area contributed by atoms with Crippen molar-refractivity contribution >= 4 is 5.97 Å². The molecule has 25 heavy (non-hydrogen) atoms. The van der Waals surface area contributed by atoms with E-state index >= 15 is 0 Å². The number of hydrogen-bond acceptors (Lipinski definition) is 2. The lowest BCUT2D eigenvalue weighted by molar-refractivity contribution is -0.137. The molecule has 3 heteroatoms. The van der Waals surface area contributed by atoms with E-state index in [0.29, 0.717) is 12.5 Å². The second-order valence-corrected chi connectivity index (χ2v) is 7.10. The van der Waals surface area contributed by atoms with Crippen LogP contribution in [0.15, 0.2) is 12.2 Å². The topological polar surface area (TPSA) is 46.5 Å². The van der Waals surface area contributed by atoms with Crippen molar-refractivity contribution in [1.29, 1.82) is 0 Å². The third-order valence-electron chi connectivity index (χ3n) is 4.56. The number of carboxylic acid groups (broad SMARTS) is 1. The summed E-state index contributed by atoms with van der Waals surface area (Å²) >= 11 is 0. The van der Waals surface area contributed by atoms with Crippen molar-refractivity contribution in [3.8, 4) is 0 Å². The first-order chi connectivity index (χ1) is 12.2. The molecule has 0 aliphatic heterocycles. The summed E-state index contributed by atoms with van der Waals surface area (Å²) in [5.74, 6) is -0.673. The van der Waals surface area contributed by atoms with Gasteiger partial charge in [-0.25, -0.2) is 0 Å². The minimum atomic E-state index is -0.673. The predicted molar refractivity (Wildman–Crippen MR) is 107 cm³/mol. The average Bonchev–Trinajstić information content (AvgIpc) is 2.59. The summed E-state index contributed by atoms with van der Waals surface area (Å²) < 4.78 is 6.05. The zero-order valence-electron chi connectivity index (χ0n) is 16.8. The second kappa shape index (κ2) is 19.5. The van der Waals surface area contributed by atoms with Crippen molar-refractivity contribution in [3.63, 3.8) is 0 Å². The molecule has 0 aromatic heterocycles. The summed E-state index contributed by atoms with van der Waals surface area (Å²) in [6, 6.07) is 0. The minimum Gasteiger partial charge on any atom is -0.481 e. The van der Waals surface area contributed by atoms with Crippen LogP contribution in [-0.2, 0) is 9.53 Å². The van der Waals surface area contributed by atoms with Gasteiger partial charge in [-0.1, -0.05) is 77.4 Å². The predicted octanol–water partition coefficient (Wildman–Crippen LogP) is 6.90. The standard InChI is InChI=1S/C22H42O3/c1-3-5-7-14-17-21(25-20-6-4-2)18-15-12-10-8-9-11-13-16-19-22(23)24/h12,15,21H,3-11,13-14,16-20H2,1-2H3,(H,23,24)/b15-12-/t21-/m1/s1. The lowest BCUT2D eigenvalue weighted by Crippen LogP contribution is -2.13. The largest absolute Gasteiger partial charge is 0.481 e. The Hall–Kier alpha value is -0.830. The van der Waals surface area contributed by atoms with E-state index in [1.807, 2.05) is 0 Å². The van der Waals surface area contributed by atoms with Crippen molar-refractivity contribution in [2.45, 2.75) is 116 Å². The van der Waals surface area contributed by atoms with E-state index in [-0.39, 0.29) is 0 Å². The SMILES string of the molecule is CCCCCC[C@H](C/C=C\CCCCCCCC(=O)O)OCCCC. The van der Waals surface area contributed by atoms with Crippen LogP contribution in [0.3, 0.4) is 0 Å². The van der Waals surface area contributed by atoms with Crippen LogP contribution in [0.5, 0.6) is 0 Å². The monoisotopic (exact) mass is 354 g/mol. The van der Waals surface area contributed by atoms with Crippen molar-refractivity contribution in [1.82, 2.24) is 0 Å². The molecule has 0 spiro atoms. The molecule has 0 rings (SSSR count). The highest BCUT2D eigenvalue weighted by Crippen LogP contribution is 2.14. The highest BCUT2D eigenvalue weighted by atomic mass is 16.5. The molecule has 1 atom stereocenters. The number of carbonyl (C=O) groups is 1. The zero-order chi connectivity index (χ0) is 18.6. The highest BCUT2D eigenvalue weighted by Gasteiger charge is 2.06. The van der Waals surface area contributed by atoms with E-state index in [1.54, 1.807) is 0 Å². The fourth-order valence-corrected chi connectivity index (χ4v) is 2.90. The Kier molecular flexibility index (Phi) is 18.8. The van der Waals surface area contributed by atoms with E-state index < -0.39 is 5.97 Å². The quantitative estimate of drug-likeness (QED) is 0.203. The van der Waals surface area contributed by atoms with Crippen LogP contribution in [0.2, 0.25) is 0 Å². The lowest BCUT2D eigenvalue weighted by Gasteiger charge is -2.16. The molecule has 0 saturated heterocycles. The molecule has 0 heterocycles. The second-order valence-electron chi connectivity index (χ2n) is 7.10. The maximum Gasteiger partial charge on any atom is 0.303 e. The third-order valence-corrected chi connectivity index (χ3v) is 4.56. The molecule has 0 saturated carbocycles. The van der Waals surface area contributed by atoms with Crippen LogP contribution in [0.4, 0.5) is 0 Å². The number of unbranched alkanes of at least 4 members (excludes halogenated alkanes) is 9. The van der Waals surface area contributed by atoms with E-state index in [2.05, 4.69) is 26.0 Å². The number of aliphatic carboxylic acids is 1. The molecule has 0 unspecified atom stereocenters. The van der Waals surface area contributed by atoms with Gasteiger partial charge >= 0.3 is 5.97 Å². The van der Waals surface area contributed by atoms with Gasteiger partial charge < -0.3 is 9.84 Å². The highest BCUT2D eigenvalue weighted by molar-refractivity contribution is 5.66. The van der Waals surface area contributed by atoms with Crippen LogP contribution < -0.4 is 0 Å². The molecular weight excluding hydrogens is 312 g/mol. The van der Waals surface area contributed by atoms with Crippen LogP contribution in [0.25, 0.3) is 0 Å². The lowest BCUT2D eigenvalue weighted by atomic mass is 10.1. The molecule has 0 aromatic carbocycles. The van der Waals surface area contributed by atoms with Crippen molar-refractivity contribution in [3.05, 3.63) is 12.2 Å². The van der Waals surface area contributed by atoms with E-state index in [9.17, 15) is 4.79 Å². The number of ether oxygens (including phenoxy) is 1. The molecule has 3 nitrogen and oxygen atoms in total. The number of hydrogen-bond donors (Lipinski definition) is 1. The Morgan fingerprint density at radius 3 is 2.28 bits per heavy atom. The maximum absolute atomic E-state index is 10.4. The average molecular weight is 355 g/mol. The summed E-state index contributed by atoms with van der Waals surface area (Å²) in [4.78, 5) is 10.4. The molecule has 0 radical (unpaired) electrons. The molecule has 148 valence electrons. The van der Waals surface area contributed by atoms with Gasteiger partial charge in [0, 0.05) is 13.0 Å². The molecule has 0 bridgehead atoms. The maximum atomic E-state index is 10.4. The van der Waals surface area contributed by atoms with Crippen LogP contribution in [0, 0.1) is 0 Å². The Balaban J connectivity index is 3.70. The van der Waals surface area contributed by atoms with Gasteiger partial charge in [0.25, 0.3) is 0 Å². The molecular formula is C22H42O3. The summed E-state index contributed by atoms with van der Waals surface area (Å²) in [7, 11) is 0. The third kappa shape index (κ3) is 19.3.